The molecule has 2 unspecified atom stereocenters. The van der Waals surface area contributed by atoms with Crippen LogP contribution in [-0.4, -0.2) is 41.4 Å². The number of nitrogens with one attached hydrogen (secondary N) is 1. The van der Waals surface area contributed by atoms with Gasteiger partial charge in [-0.2, -0.15) is 0 Å². The average Bonchev–Trinajstić information content (AvgIpc) is 2.86. The number of aliphatic hydroxyl groups is 1. The van der Waals surface area contributed by atoms with E-state index in [2.05, 4.69) is 5.32 Å². The van der Waals surface area contributed by atoms with Crippen molar-refractivity contribution in [3.63, 3.8) is 0 Å². The highest BCUT2D eigenvalue weighted by Crippen LogP contribution is 2.34. The molecule has 34 heavy (non-hydrogen) atoms. The van der Waals surface area contributed by atoms with Gasteiger partial charge in [0.2, 0.25) is 5.91 Å². The molecule has 0 spiro atoms. The molecule has 0 radical (unpaired) electrons. The first-order valence-electron chi connectivity index (χ1n) is 11.2. The molecule has 1 fully saturated rings. The molecule has 3 atom stereocenters. The molecule has 1 heterocycles. The number of amides is 3. The van der Waals surface area contributed by atoms with E-state index in [9.17, 15) is 14.7 Å². The summed E-state index contributed by atoms with van der Waals surface area (Å²) in [5, 5.41) is 14.1. The lowest BCUT2D eigenvalue weighted by Crippen LogP contribution is -2.69. The smallest absolute Gasteiger partial charge is 0.325 e. The van der Waals surface area contributed by atoms with E-state index < -0.39 is 30.3 Å². The van der Waals surface area contributed by atoms with Crippen LogP contribution in [0, 0.1) is 5.92 Å². The van der Waals surface area contributed by atoms with Crippen LogP contribution in [0.1, 0.15) is 29.2 Å². The number of imide groups is 1. The fourth-order valence-electron chi connectivity index (χ4n) is 4.42. The number of β-lactam (4-membered cyclic amide) rings is 1. The molecule has 3 aromatic carbocycles. The van der Waals surface area contributed by atoms with Gasteiger partial charge in [0, 0.05) is 12.1 Å². The lowest BCUT2D eigenvalue weighted by atomic mass is 9.82. The Kier molecular flexibility index (Phi) is 7.63. The van der Waals surface area contributed by atoms with Crippen LogP contribution < -0.4 is 5.32 Å². The Morgan fingerprint density at radius 1 is 1.03 bits per heavy atom. The second-order valence-electron chi connectivity index (χ2n) is 8.30. The van der Waals surface area contributed by atoms with Crippen LogP contribution in [0.3, 0.4) is 0 Å². The van der Waals surface area contributed by atoms with E-state index in [1.54, 1.807) is 6.07 Å². The van der Waals surface area contributed by atoms with Gasteiger partial charge >= 0.3 is 6.03 Å². The van der Waals surface area contributed by atoms with Crippen molar-refractivity contribution in [2.24, 2.45) is 5.92 Å². The van der Waals surface area contributed by atoms with Gasteiger partial charge in [-0.25, -0.2) is 4.79 Å². The van der Waals surface area contributed by atoms with Gasteiger partial charge in [-0.3, -0.25) is 9.69 Å². The summed E-state index contributed by atoms with van der Waals surface area (Å²) in [4.78, 5) is 27.4. The first kappa shape index (κ1) is 24.0. The summed E-state index contributed by atoms with van der Waals surface area (Å²) < 4.78 is 5.12. The molecule has 0 bridgehead atoms. The quantitative estimate of drug-likeness (QED) is 0.367. The highest BCUT2D eigenvalue weighted by molar-refractivity contribution is 6.30. The van der Waals surface area contributed by atoms with E-state index in [0.29, 0.717) is 17.9 Å². The number of carbonyl (C=O) groups excluding carboxylic acids is 2. The number of ether oxygens (including phenoxy) is 1. The Labute approximate surface area is 204 Å². The summed E-state index contributed by atoms with van der Waals surface area (Å²) in [6, 6.07) is 24.7. The first-order chi connectivity index (χ1) is 16.5. The number of carbonyl (C=O) groups is 2. The molecule has 1 aliphatic rings. The van der Waals surface area contributed by atoms with Crippen LogP contribution in [0.5, 0.6) is 0 Å². The fourth-order valence-corrected chi connectivity index (χ4v) is 4.64. The van der Waals surface area contributed by atoms with E-state index in [1.807, 2.05) is 78.9 Å². The summed E-state index contributed by atoms with van der Waals surface area (Å²) in [6.07, 6.45) is -0.218. The monoisotopic (exact) mass is 478 g/mol. The van der Waals surface area contributed by atoms with Gasteiger partial charge in [-0.05, 0) is 41.7 Å². The summed E-state index contributed by atoms with van der Waals surface area (Å²) in [6.45, 7) is 0. The normalized spacial score (nSPS) is 18.5. The van der Waals surface area contributed by atoms with Crippen LogP contribution in [0.2, 0.25) is 5.02 Å². The van der Waals surface area contributed by atoms with Gasteiger partial charge in [-0.15, -0.1) is 0 Å². The molecular weight excluding hydrogens is 452 g/mol. The Morgan fingerprint density at radius 2 is 1.65 bits per heavy atom. The predicted molar refractivity (Wildman–Crippen MR) is 130 cm³/mol. The molecule has 3 aromatic rings. The lowest BCUT2D eigenvalue weighted by Gasteiger charge is -2.47. The van der Waals surface area contributed by atoms with Gasteiger partial charge < -0.3 is 15.2 Å². The predicted octanol–water partition coefficient (Wildman–Crippen LogP) is 4.56. The Balaban J connectivity index is 1.52. The number of aliphatic hydroxyl groups excluding tert-OH is 1. The van der Waals surface area contributed by atoms with Gasteiger partial charge in [0.1, 0.15) is 6.04 Å². The largest absolute Gasteiger partial charge is 0.366 e. The van der Waals surface area contributed by atoms with Crippen molar-refractivity contribution in [2.75, 3.05) is 7.11 Å². The fraction of sp³-hybridized carbons (Fsp3) is 0.259. The third-order valence-electron chi connectivity index (χ3n) is 6.18. The van der Waals surface area contributed by atoms with Crippen LogP contribution in [0.4, 0.5) is 4.79 Å². The molecule has 1 aliphatic heterocycles. The molecule has 6 nitrogen and oxygen atoms in total. The summed E-state index contributed by atoms with van der Waals surface area (Å²) in [7, 11) is 1.36. The average molecular weight is 479 g/mol. The second kappa shape index (κ2) is 10.8. The maximum absolute atomic E-state index is 13.3. The van der Waals surface area contributed by atoms with E-state index >= 15 is 0 Å². The molecule has 1 saturated heterocycles. The lowest BCUT2D eigenvalue weighted by molar-refractivity contribution is -0.185. The van der Waals surface area contributed by atoms with Crippen LogP contribution in [-0.2, 0) is 16.0 Å². The van der Waals surface area contributed by atoms with Crippen molar-refractivity contribution in [1.29, 1.82) is 0 Å². The number of hydrogen-bond acceptors (Lipinski definition) is 4. The van der Waals surface area contributed by atoms with E-state index in [-0.39, 0.29) is 5.91 Å². The zero-order valence-electron chi connectivity index (χ0n) is 18.8. The van der Waals surface area contributed by atoms with E-state index in [4.69, 9.17) is 16.3 Å². The number of aryl methyl sites for hydroxylation is 1. The molecular formula is C27H27ClN2O4. The Bertz CT molecular complexity index is 1090. The maximum atomic E-state index is 13.3. The second-order valence-corrected chi connectivity index (χ2v) is 8.74. The van der Waals surface area contributed by atoms with Crippen LogP contribution in [0.25, 0.3) is 0 Å². The summed E-state index contributed by atoms with van der Waals surface area (Å²) in [5.41, 5.74) is 2.76. The highest BCUT2D eigenvalue weighted by atomic mass is 35.5. The zero-order chi connectivity index (χ0) is 24.1. The molecule has 0 aromatic heterocycles. The van der Waals surface area contributed by atoms with E-state index in [0.717, 1.165) is 21.6 Å². The minimum absolute atomic E-state index is 0.333. The molecule has 3 amide bonds. The zero-order valence-corrected chi connectivity index (χ0v) is 19.6. The standard InChI is InChI=1S/C27H27ClN2O4/c1-34-26(32)24-22(16-15-18-9-8-14-21(28)17-18)25(31)30(24)27(33)29-23(19-10-4-2-5-11-19)20-12-6-3-7-13-20/h2-14,17,22-24,26,32H,15-16H2,1H3,(H,29,33)/t22-,24?,26?/m1/s1. The van der Waals surface area contributed by atoms with Crippen molar-refractivity contribution in [2.45, 2.75) is 31.2 Å². The van der Waals surface area contributed by atoms with Gasteiger partial charge in [0.25, 0.3) is 0 Å². The Morgan fingerprint density at radius 3 is 2.21 bits per heavy atom. The molecule has 2 N–H and O–H groups in total. The number of benzene rings is 3. The number of halogens is 1. The number of nitrogens with zero attached hydrogens (tertiary/aromatic N) is 1. The Hall–Kier alpha value is -3.19. The first-order valence-corrected chi connectivity index (χ1v) is 11.6. The topological polar surface area (TPSA) is 78.9 Å². The van der Waals surface area contributed by atoms with Crippen molar-refractivity contribution >= 4 is 23.5 Å². The van der Waals surface area contributed by atoms with Gasteiger partial charge in [0.15, 0.2) is 6.29 Å². The van der Waals surface area contributed by atoms with Crippen molar-refractivity contribution < 1.29 is 19.4 Å². The highest BCUT2D eigenvalue weighted by Gasteiger charge is 2.54. The van der Waals surface area contributed by atoms with E-state index in [1.165, 1.54) is 7.11 Å². The van der Waals surface area contributed by atoms with Crippen molar-refractivity contribution in [3.05, 3.63) is 107 Å². The number of rotatable bonds is 8. The van der Waals surface area contributed by atoms with Crippen LogP contribution >= 0.6 is 11.6 Å². The number of methoxy groups -OCH3 is 1. The SMILES string of the molecule is COC(O)C1[C@@H](CCc2cccc(Cl)c2)C(=O)N1C(=O)NC(c1ccccc1)c1ccccc1. The summed E-state index contributed by atoms with van der Waals surface area (Å²) >= 11 is 6.06. The number of hydrogen-bond donors (Lipinski definition) is 2. The van der Waals surface area contributed by atoms with Gasteiger partial charge in [-0.1, -0.05) is 84.4 Å². The van der Waals surface area contributed by atoms with Crippen molar-refractivity contribution in [1.82, 2.24) is 10.2 Å². The molecule has 7 heteroatoms. The van der Waals surface area contributed by atoms with Crippen molar-refractivity contribution in [3.8, 4) is 0 Å². The maximum Gasteiger partial charge on any atom is 0.325 e. The number of urea groups is 1. The third-order valence-corrected chi connectivity index (χ3v) is 6.42. The molecule has 0 aliphatic carbocycles. The van der Waals surface area contributed by atoms with Gasteiger partial charge in [0.05, 0.1) is 12.0 Å². The minimum atomic E-state index is -1.28. The molecule has 0 saturated carbocycles. The molecule has 176 valence electrons. The van der Waals surface area contributed by atoms with Crippen LogP contribution in [0.15, 0.2) is 84.9 Å². The summed E-state index contributed by atoms with van der Waals surface area (Å²) in [5.74, 6) is -0.868. The minimum Gasteiger partial charge on any atom is -0.366 e. The number of likely N-dealkylation sites (tertiary alicyclic amines) is 1. The molecule has 4 rings (SSSR count). The third kappa shape index (κ3) is 5.14.